The molecule has 1 aromatic carbocycles. The van der Waals surface area contributed by atoms with Crippen LogP contribution in [0.5, 0.6) is 0 Å². The zero-order valence-corrected chi connectivity index (χ0v) is 12.8. The van der Waals surface area contributed by atoms with Crippen molar-refractivity contribution in [3.05, 3.63) is 35.4 Å². The lowest BCUT2D eigenvalue weighted by Gasteiger charge is -2.41. The molecular formula is C16H22F2N2O. The Bertz CT molecular complexity index is 521. The van der Waals surface area contributed by atoms with Crippen molar-refractivity contribution in [1.29, 1.82) is 0 Å². The average molecular weight is 296 g/mol. The van der Waals surface area contributed by atoms with E-state index >= 15 is 0 Å². The lowest BCUT2D eigenvalue weighted by atomic mass is 10.0. The number of piperazine rings is 1. The standard InChI is InChI=1S/C16H22F2N2O/c1-4-13-10-20(8-7-19(13)3)11(2)16(21)14-6-5-12(17)9-15(14)18/h5-6,9,11,13H,4,7-8,10H2,1-3H3. The van der Waals surface area contributed by atoms with Crippen molar-refractivity contribution in [3.63, 3.8) is 0 Å². The van der Waals surface area contributed by atoms with Gasteiger partial charge in [-0.3, -0.25) is 9.69 Å². The van der Waals surface area contributed by atoms with Crippen LogP contribution in [0.25, 0.3) is 0 Å². The van der Waals surface area contributed by atoms with E-state index in [2.05, 4.69) is 23.8 Å². The number of halogens is 2. The first kappa shape index (κ1) is 16.0. The minimum Gasteiger partial charge on any atom is -0.301 e. The van der Waals surface area contributed by atoms with Crippen molar-refractivity contribution in [2.24, 2.45) is 0 Å². The van der Waals surface area contributed by atoms with Crippen LogP contribution in [0.2, 0.25) is 0 Å². The van der Waals surface area contributed by atoms with Crippen molar-refractivity contribution >= 4 is 5.78 Å². The molecule has 1 fully saturated rings. The molecule has 2 atom stereocenters. The van der Waals surface area contributed by atoms with Gasteiger partial charge in [0.2, 0.25) is 0 Å². The van der Waals surface area contributed by atoms with Gasteiger partial charge >= 0.3 is 0 Å². The molecule has 0 spiro atoms. The molecule has 0 saturated carbocycles. The smallest absolute Gasteiger partial charge is 0.182 e. The van der Waals surface area contributed by atoms with Gasteiger partial charge in [0.1, 0.15) is 11.6 Å². The van der Waals surface area contributed by atoms with Crippen LogP contribution in [-0.2, 0) is 0 Å². The number of carbonyl (C=O) groups is 1. The van der Waals surface area contributed by atoms with Crippen LogP contribution in [0, 0.1) is 11.6 Å². The minimum absolute atomic E-state index is 0.0316. The third kappa shape index (κ3) is 3.47. The van der Waals surface area contributed by atoms with E-state index in [4.69, 9.17) is 0 Å². The van der Waals surface area contributed by atoms with Gasteiger partial charge in [0.15, 0.2) is 5.78 Å². The molecule has 2 unspecified atom stereocenters. The zero-order valence-electron chi connectivity index (χ0n) is 12.8. The Morgan fingerprint density at radius 1 is 1.38 bits per heavy atom. The van der Waals surface area contributed by atoms with Gasteiger partial charge in [0.25, 0.3) is 0 Å². The topological polar surface area (TPSA) is 23.6 Å². The van der Waals surface area contributed by atoms with Gasteiger partial charge in [-0.1, -0.05) is 6.92 Å². The second-order valence-corrected chi connectivity index (χ2v) is 5.70. The highest BCUT2D eigenvalue weighted by atomic mass is 19.1. The monoisotopic (exact) mass is 296 g/mol. The maximum absolute atomic E-state index is 13.7. The molecule has 0 radical (unpaired) electrons. The number of nitrogens with zero attached hydrogens (tertiary/aromatic N) is 2. The quantitative estimate of drug-likeness (QED) is 0.798. The van der Waals surface area contributed by atoms with Crippen LogP contribution >= 0.6 is 0 Å². The maximum atomic E-state index is 13.7. The van der Waals surface area contributed by atoms with Gasteiger partial charge in [-0.2, -0.15) is 0 Å². The number of carbonyl (C=O) groups excluding carboxylic acids is 1. The number of hydrogen-bond acceptors (Lipinski definition) is 3. The second-order valence-electron chi connectivity index (χ2n) is 5.70. The molecule has 2 rings (SSSR count). The number of likely N-dealkylation sites (N-methyl/N-ethyl adjacent to an activating group) is 1. The second kappa shape index (κ2) is 6.62. The zero-order chi connectivity index (χ0) is 15.6. The number of rotatable bonds is 4. The average Bonchev–Trinajstić information content (AvgIpc) is 2.46. The first-order valence-electron chi connectivity index (χ1n) is 7.37. The summed E-state index contributed by atoms with van der Waals surface area (Å²) in [5.74, 6) is -1.73. The van der Waals surface area contributed by atoms with Crippen molar-refractivity contribution in [2.75, 3.05) is 26.7 Å². The van der Waals surface area contributed by atoms with Crippen LogP contribution in [0.4, 0.5) is 8.78 Å². The molecule has 21 heavy (non-hydrogen) atoms. The molecule has 1 saturated heterocycles. The lowest BCUT2D eigenvalue weighted by Crippen LogP contribution is -2.55. The van der Waals surface area contributed by atoms with E-state index in [-0.39, 0.29) is 11.3 Å². The van der Waals surface area contributed by atoms with Gasteiger partial charge in [0.05, 0.1) is 11.6 Å². The minimum atomic E-state index is -0.784. The van der Waals surface area contributed by atoms with E-state index in [1.807, 2.05) is 0 Å². The SMILES string of the molecule is CCC1CN(C(C)C(=O)c2ccc(F)cc2F)CCN1C. The Morgan fingerprint density at radius 3 is 2.71 bits per heavy atom. The summed E-state index contributed by atoms with van der Waals surface area (Å²) in [6, 6.07) is 3.14. The summed E-state index contributed by atoms with van der Waals surface area (Å²) in [5.41, 5.74) is -0.0316. The first-order chi connectivity index (χ1) is 9.93. The Morgan fingerprint density at radius 2 is 2.10 bits per heavy atom. The summed E-state index contributed by atoms with van der Waals surface area (Å²) in [6.07, 6.45) is 1.01. The molecule has 116 valence electrons. The number of hydrogen-bond donors (Lipinski definition) is 0. The maximum Gasteiger partial charge on any atom is 0.182 e. The number of Topliss-reactive ketones (excluding diaryl/α,β-unsaturated/α-hetero) is 1. The van der Waals surface area contributed by atoms with Crippen LogP contribution in [0.15, 0.2) is 18.2 Å². The largest absolute Gasteiger partial charge is 0.301 e. The molecule has 0 N–H and O–H groups in total. The van der Waals surface area contributed by atoms with E-state index in [1.165, 1.54) is 6.07 Å². The predicted molar refractivity (Wildman–Crippen MR) is 78.4 cm³/mol. The first-order valence-corrected chi connectivity index (χ1v) is 7.37. The number of ketones is 1. The van der Waals surface area contributed by atoms with E-state index in [9.17, 15) is 13.6 Å². The third-order valence-electron chi connectivity index (χ3n) is 4.40. The summed E-state index contributed by atoms with van der Waals surface area (Å²) in [7, 11) is 2.08. The normalized spacial score (nSPS) is 22.2. The van der Waals surface area contributed by atoms with Crippen LogP contribution < -0.4 is 0 Å². The van der Waals surface area contributed by atoms with E-state index in [0.717, 1.165) is 38.2 Å². The fourth-order valence-electron chi connectivity index (χ4n) is 2.84. The van der Waals surface area contributed by atoms with Crippen LogP contribution in [0.3, 0.4) is 0 Å². The van der Waals surface area contributed by atoms with E-state index in [0.29, 0.717) is 6.04 Å². The Kier molecular flexibility index (Phi) is 5.06. The molecule has 1 heterocycles. The highest BCUT2D eigenvalue weighted by Gasteiger charge is 2.30. The lowest BCUT2D eigenvalue weighted by molar-refractivity contribution is 0.0550. The summed E-state index contributed by atoms with van der Waals surface area (Å²) in [6.45, 7) is 6.38. The molecule has 0 bridgehead atoms. The van der Waals surface area contributed by atoms with Gasteiger partial charge in [-0.05, 0) is 32.5 Å². The van der Waals surface area contributed by atoms with Gasteiger partial charge in [-0.15, -0.1) is 0 Å². The summed E-state index contributed by atoms with van der Waals surface area (Å²) < 4.78 is 26.7. The molecule has 1 aromatic rings. The van der Waals surface area contributed by atoms with Gasteiger partial charge < -0.3 is 4.90 Å². The summed E-state index contributed by atoms with van der Waals surface area (Å²) in [4.78, 5) is 16.8. The van der Waals surface area contributed by atoms with Crippen molar-refractivity contribution in [2.45, 2.75) is 32.4 Å². The molecule has 0 aliphatic carbocycles. The fraction of sp³-hybridized carbons (Fsp3) is 0.562. The van der Waals surface area contributed by atoms with Gasteiger partial charge in [-0.25, -0.2) is 8.78 Å². The van der Waals surface area contributed by atoms with Crippen molar-refractivity contribution in [1.82, 2.24) is 9.80 Å². The Balaban J connectivity index is 2.12. The fourth-order valence-corrected chi connectivity index (χ4v) is 2.84. The molecule has 0 aromatic heterocycles. The van der Waals surface area contributed by atoms with Gasteiger partial charge in [0, 0.05) is 31.7 Å². The third-order valence-corrected chi connectivity index (χ3v) is 4.40. The predicted octanol–water partition coefficient (Wildman–Crippen LogP) is 2.56. The van der Waals surface area contributed by atoms with Crippen molar-refractivity contribution in [3.8, 4) is 0 Å². The highest BCUT2D eigenvalue weighted by Crippen LogP contribution is 2.18. The molecular weight excluding hydrogens is 274 g/mol. The van der Waals surface area contributed by atoms with E-state index in [1.54, 1.807) is 6.92 Å². The molecule has 1 aliphatic rings. The molecule has 1 aliphatic heterocycles. The Hall–Kier alpha value is -1.33. The molecule has 5 heteroatoms. The van der Waals surface area contributed by atoms with E-state index < -0.39 is 17.7 Å². The van der Waals surface area contributed by atoms with Crippen LogP contribution in [0.1, 0.15) is 30.6 Å². The summed E-state index contributed by atoms with van der Waals surface area (Å²) in [5, 5.41) is 0. The number of benzene rings is 1. The Labute approximate surface area is 124 Å². The molecule has 0 amide bonds. The van der Waals surface area contributed by atoms with Crippen LogP contribution in [-0.4, -0.2) is 54.3 Å². The van der Waals surface area contributed by atoms with Crippen molar-refractivity contribution < 1.29 is 13.6 Å². The summed E-state index contributed by atoms with van der Waals surface area (Å²) >= 11 is 0. The molecule has 3 nitrogen and oxygen atoms in total. The highest BCUT2D eigenvalue weighted by molar-refractivity contribution is 6.00.